The zero-order valence-corrected chi connectivity index (χ0v) is 36.3. The van der Waals surface area contributed by atoms with Gasteiger partial charge >= 0.3 is 0 Å². The molecule has 0 spiro atoms. The van der Waals surface area contributed by atoms with Gasteiger partial charge in [0.25, 0.3) is 0 Å². The summed E-state index contributed by atoms with van der Waals surface area (Å²) in [6.45, 7) is 0. The van der Waals surface area contributed by atoms with Crippen LogP contribution in [-0.2, 0) is 0 Å². The average Bonchev–Trinajstić information content (AvgIpc) is 3.72. The van der Waals surface area contributed by atoms with E-state index in [1.165, 1.54) is 104 Å². The SMILES string of the molecule is c1ccc(-c2cc(-c3ccccc3)cc([Si](c3ccccc3)(c3ccccc3)c3cccc(-n4c5ccccc5c5c6c(ccc54)C4c5ccccc5C6c5ccccc54)c3)c2)cc1. The van der Waals surface area contributed by atoms with Gasteiger partial charge in [-0.25, -0.2) is 0 Å². The molecule has 300 valence electrons. The van der Waals surface area contributed by atoms with Crippen molar-refractivity contribution in [1.82, 2.24) is 4.57 Å². The highest BCUT2D eigenvalue weighted by atomic mass is 28.3. The van der Waals surface area contributed by atoms with E-state index in [4.69, 9.17) is 0 Å². The highest BCUT2D eigenvalue weighted by molar-refractivity contribution is 7.20. The molecule has 0 saturated carbocycles. The lowest BCUT2D eigenvalue weighted by Crippen LogP contribution is -2.74. The maximum Gasteiger partial charge on any atom is 0.179 e. The molecule has 3 aliphatic carbocycles. The van der Waals surface area contributed by atoms with Crippen molar-refractivity contribution in [3.63, 3.8) is 0 Å². The lowest BCUT2D eigenvalue weighted by atomic mass is 9.60. The van der Waals surface area contributed by atoms with E-state index < -0.39 is 8.07 Å². The first-order valence-corrected chi connectivity index (χ1v) is 24.5. The molecule has 64 heavy (non-hydrogen) atoms. The zero-order valence-electron chi connectivity index (χ0n) is 35.3. The highest BCUT2D eigenvalue weighted by Gasteiger charge is 2.44. The predicted molar refractivity (Wildman–Crippen MR) is 270 cm³/mol. The molecule has 2 bridgehead atoms. The first kappa shape index (κ1) is 36.8. The van der Waals surface area contributed by atoms with Crippen molar-refractivity contribution in [1.29, 1.82) is 0 Å². The molecule has 0 radical (unpaired) electrons. The van der Waals surface area contributed by atoms with Crippen molar-refractivity contribution in [3.05, 3.63) is 282 Å². The number of hydrogen-bond acceptors (Lipinski definition) is 0. The molecule has 2 heteroatoms. The molecule has 0 amide bonds. The summed E-state index contributed by atoms with van der Waals surface area (Å²) >= 11 is 0. The van der Waals surface area contributed by atoms with Gasteiger partial charge in [-0.2, -0.15) is 0 Å². The topological polar surface area (TPSA) is 4.93 Å². The van der Waals surface area contributed by atoms with Crippen LogP contribution in [-0.4, -0.2) is 12.6 Å². The number of fused-ring (bicyclic) bond motifs is 3. The van der Waals surface area contributed by atoms with Crippen LogP contribution in [0, 0.1) is 0 Å². The van der Waals surface area contributed by atoms with Crippen LogP contribution >= 0.6 is 0 Å². The van der Waals surface area contributed by atoms with Crippen LogP contribution < -0.4 is 20.7 Å². The first-order chi connectivity index (χ1) is 31.8. The molecule has 1 aromatic heterocycles. The van der Waals surface area contributed by atoms with E-state index in [9.17, 15) is 0 Å². The van der Waals surface area contributed by atoms with Crippen molar-refractivity contribution in [2.24, 2.45) is 0 Å². The van der Waals surface area contributed by atoms with Gasteiger partial charge in [-0.1, -0.05) is 218 Å². The van der Waals surface area contributed by atoms with Crippen LogP contribution in [0.25, 0.3) is 49.7 Å². The summed E-state index contributed by atoms with van der Waals surface area (Å²) in [5, 5.41) is 8.08. The third-order valence-corrected chi connectivity index (χ3v) is 19.0. The Kier molecular flexibility index (Phi) is 8.44. The van der Waals surface area contributed by atoms with Gasteiger partial charge in [0.2, 0.25) is 0 Å². The Labute approximate surface area is 375 Å². The third-order valence-electron chi connectivity index (χ3n) is 14.3. The molecular weight excluding hydrogens is 787 g/mol. The molecule has 10 aromatic carbocycles. The van der Waals surface area contributed by atoms with E-state index in [-0.39, 0.29) is 11.8 Å². The highest BCUT2D eigenvalue weighted by Crippen LogP contribution is 2.58. The minimum absolute atomic E-state index is 0.175. The second kappa shape index (κ2) is 14.7. The molecule has 0 saturated heterocycles. The number of para-hydroxylation sites is 1. The Hall–Kier alpha value is -7.78. The fraction of sp³-hybridized carbons (Fsp3) is 0.0323. The summed E-state index contributed by atoms with van der Waals surface area (Å²) in [5.74, 6) is 0.395. The summed E-state index contributed by atoms with van der Waals surface area (Å²) in [4.78, 5) is 0. The number of hydrogen-bond donors (Lipinski definition) is 0. The van der Waals surface area contributed by atoms with Crippen LogP contribution in [0.5, 0.6) is 0 Å². The van der Waals surface area contributed by atoms with Gasteiger partial charge in [-0.05, 0) is 107 Å². The monoisotopic (exact) mass is 829 g/mol. The fourth-order valence-electron chi connectivity index (χ4n) is 11.7. The molecule has 0 unspecified atom stereocenters. The van der Waals surface area contributed by atoms with Gasteiger partial charge in [-0.3, -0.25) is 0 Å². The van der Waals surface area contributed by atoms with Crippen molar-refractivity contribution in [2.45, 2.75) is 11.8 Å². The normalized spacial score (nSPS) is 14.9. The van der Waals surface area contributed by atoms with E-state index in [0.29, 0.717) is 0 Å². The minimum Gasteiger partial charge on any atom is -0.309 e. The van der Waals surface area contributed by atoms with E-state index in [1.54, 1.807) is 0 Å². The van der Waals surface area contributed by atoms with Crippen molar-refractivity contribution in [2.75, 3.05) is 0 Å². The average molecular weight is 830 g/mol. The van der Waals surface area contributed by atoms with Gasteiger partial charge in [0.05, 0.1) is 11.0 Å². The van der Waals surface area contributed by atoms with Gasteiger partial charge in [0, 0.05) is 28.3 Å². The summed E-state index contributed by atoms with van der Waals surface area (Å²) in [6, 6.07) is 93.8. The van der Waals surface area contributed by atoms with Crippen LogP contribution in [0.1, 0.15) is 45.2 Å². The second-order valence-electron chi connectivity index (χ2n) is 17.5. The number of rotatable bonds is 7. The fourth-order valence-corrected chi connectivity index (χ4v) is 16.5. The molecule has 0 atom stereocenters. The Bertz CT molecular complexity index is 3410. The van der Waals surface area contributed by atoms with Gasteiger partial charge in [0.15, 0.2) is 8.07 Å². The molecule has 3 aliphatic rings. The summed E-state index contributed by atoms with van der Waals surface area (Å²) in [6.07, 6.45) is 0. The van der Waals surface area contributed by atoms with Crippen molar-refractivity contribution in [3.8, 4) is 27.9 Å². The van der Waals surface area contributed by atoms with E-state index >= 15 is 0 Å². The largest absolute Gasteiger partial charge is 0.309 e. The molecule has 0 fully saturated rings. The van der Waals surface area contributed by atoms with Crippen molar-refractivity contribution >= 4 is 50.6 Å². The maximum atomic E-state index is 2.56. The summed E-state index contributed by atoms with van der Waals surface area (Å²) in [5.41, 5.74) is 17.2. The van der Waals surface area contributed by atoms with Crippen LogP contribution in [0.15, 0.2) is 249 Å². The molecule has 0 aliphatic heterocycles. The van der Waals surface area contributed by atoms with Crippen LogP contribution in [0.3, 0.4) is 0 Å². The van der Waals surface area contributed by atoms with Gasteiger partial charge < -0.3 is 4.57 Å². The Morgan fingerprint density at radius 2 is 0.781 bits per heavy atom. The quantitative estimate of drug-likeness (QED) is 0.111. The lowest BCUT2D eigenvalue weighted by Gasteiger charge is -2.42. The van der Waals surface area contributed by atoms with Crippen molar-refractivity contribution < 1.29 is 0 Å². The number of benzene rings is 10. The first-order valence-electron chi connectivity index (χ1n) is 22.5. The zero-order chi connectivity index (χ0) is 42.2. The maximum absolute atomic E-state index is 3.03. The molecule has 11 aromatic rings. The third kappa shape index (κ3) is 5.43. The standard InChI is InChI=1S/C62H43NSi/c1-5-20-42(21-6-1)44-38-45(43-22-7-2-8-23-43)40-50(39-44)64(47-25-9-3-10-26-47,48-27-11-4-12-28-48)49-29-19-24-46(41-49)63-57-35-18-17-34-55(57)61-58(63)37-36-56-59-51-30-13-15-32-53(51)60(62(56)61)54-33-16-14-31-52(54)59/h1-41,59-60H. The molecular formula is C62H43NSi. The van der Waals surface area contributed by atoms with Crippen LogP contribution in [0.4, 0.5) is 0 Å². The Balaban J connectivity index is 1.10. The second-order valence-corrected chi connectivity index (χ2v) is 21.3. The Morgan fingerprint density at radius 3 is 1.36 bits per heavy atom. The van der Waals surface area contributed by atoms with Crippen LogP contribution in [0.2, 0.25) is 0 Å². The van der Waals surface area contributed by atoms with E-state index in [2.05, 4.69) is 253 Å². The predicted octanol–water partition coefficient (Wildman–Crippen LogP) is 12.5. The molecule has 1 nitrogen and oxygen atoms in total. The molecule has 0 N–H and O–H groups in total. The van der Waals surface area contributed by atoms with Gasteiger partial charge in [-0.15, -0.1) is 0 Å². The smallest absolute Gasteiger partial charge is 0.179 e. The summed E-state index contributed by atoms with van der Waals surface area (Å²) < 4.78 is 2.56. The van der Waals surface area contributed by atoms with E-state index in [1.807, 2.05) is 0 Å². The molecule has 1 heterocycles. The number of aromatic nitrogens is 1. The Morgan fingerprint density at radius 1 is 0.297 bits per heavy atom. The minimum atomic E-state index is -3.03. The number of nitrogens with zero attached hydrogens (tertiary/aromatic N) is 1. The molecule has 14 rings (SSSR count). The lowest BCUT2D eigenvalue weighted by molar-refractivity contribution is 0.761. The van der Waals surface area contributed by atoms with E-state index in [0.717, 1.165) is 0 Å². The summed E-state index contributed by atoms with van der Waals surface area (Å²) in [7, 11) is -3.03. The van der Waals surface area contributed by atoms with Gasteiger partial charge in [0.1, 0.15) is 0 Å².